The number of para-hydroxylation sites is 1. The van der Waals surface area contributed by atoms with Crippen LogP contribution in [0.3, 0.4) is 0 Å². The maximum Gasteiger partial charge on any atom is 0.305 e. The maximum absolute atomic E-state index is 12.9. The maximum atomic E-state index is 12.9. The number of aryl methyl sites for hydroxylation is 2. The molecule has 5 rings (SSSR count). The van der Waals surface area contributed by atoms with Crippen LogP contribution in [0.5, 0.6) is 11.5 Å². The Balaban J connectivity index is 1.36. The summed E-state index contributed by atoms with van der Waals surface area (Å²) in [6.07, 6.45) is 2.39. The molecule has 0 radical (unpaired) electrons. The van der Waals surface area contributed by atoms with Crippen molar-refractivity contribution in [3.63, 3.8) is 0 Å². The van der Waals surface area contributed by atoms with E-state index in [1.54, 1.807) is 43.0 Å². The third-order valence-corrected chi connectivity index (χ3v) is 5.43. The van der Waals surface area contributed by atoms with Crippen LogP contribution in [0.1, 0.15) is 32.9 Å². The molecule has 3 heterocycles. The Labute approximate surface area is 189 Å². The Morgan fingerprint density at radius 1 is 1.00 bits per heavy atom. The molecule has 33 heavy (non-hydrogen) atoms. The van der Waals surface area contributed by atoms with E-state index in [-0.39, 0.29) is 5.76 Å². The summed E-state index contributed by atoms with van der Waals surface area (Å²) in [5.74, 6) is 0.360. The second-order valence-corrected chi connectivity index (χ2v) is 7.74. The minimum absolute atomic E-state index is 0.144. The number of carbonyl (C=O) groups excluding carboxylic acids is 2. The van der Waals surface area contributed by atoms with E-state index in [0.717, 1.165) is 11.8 Å². The summed E-state index contributed by atoms with van der Waals surface area (Å²) >= 11 is 0. The first-order valence-corrected chi connectivity index (χ1v) is 10.5. The van der Waals surface area contributed by atoms with Gasteiger partial charge in [0.2, 0.25) is 0 Å². The van der Waals surface area contributed by atoms with Crippen molar-refractivity contribution in [2.24, 2.45) is 7.05 Å². The fourth-order valence-corrected chi connectivity index (χ4v) is 3.81. The second-order valence-electron chi connectivity index (χ2n) is 7.74. The number of aromatic nitrogens is 2. The highest BCUT2D eigenvalue weighted by Gasteiger charge is 2.22. The Hall–Kier alpha value is -4.27. The van der Waals surface area contributed by atoms with Crippen LogP contribution >= 0.6 is 0 Å². The van der Waals surface area contributed by atoms with Gasteiger partial charge < -0.3 is 13.9 Å². The van der Waals surface area contributed by atoms with Crippen molar-refractivity contribution in [3.8, 4) is 22.8 Å². The summed E-state index contributed by atoms with van der Waals surface area (Å²) in [6, 6.07) is 12.8. The Kier molecular flexibility index (Phi) is 5.21. The molecular formula is C24H22N4O5. The van der Waals surface area contributed by atoms with Crippen molar-refractivity contribution in [2.75, 3.05) is 13.2 Å². The molecule has 2 aromatic heterocycles. The molecule has 0 saturated carbocycles. The number of benzene rings is 2. The zero-order valence-corrected chi connectivity index (χ0v) is 18.2. The normalized spacial score (nSPS) is 12.9. The third kappa shape index (κ3) is 3.89. The minimum atomic E-state index is -0.543. The predicted octanol–water partition coefficient (Wildman–Crippen LogP) is 3.38. The number of ether oxygens (including phenoxy) is 2. The van der Waals surface area contributed by atoms with E-state index in [9.17, 15) is 9.59 Å². The molecule has 0 fully saturated rings. The van der Waals surface area contributed by atoms with Crippen LogP contribution in [0, 0.1) is 6.92 Å². The van der Waals surface area contributed by atoms with Crippen LogP contribution in [0.25, 0.3) is 22.2 Å². The molecule has 0 spiro atoms. The van der Waals surface area contributed by atoms with Gasteiger partial charge in [0.25, 0.3) is 5.91 Å². The number of furan rings is 1. The largest absolute Gasteiger partial charge is 0.490 e. The van der Waals surface area contributed by atoms with Gasteiger partial charge in [-0.25, -0.2) is 0 Å². The first-order chi connectivity index (χ1) is 16.0. The van der Waals surface area contributed by atoms with Gasteiger partial charge in [-0.15, -0.1) is 0 Å². The van der Waals surface area contributed by atoms with E-state index in [0.29, 0.717) is 52.7 Å². The van der Waals surface area contributed by atoms with E-state index >= 15 is 0 Å². The van der Waals surface area contributed by atoms with Crippen LogP contribution in [0.15, 0.2) is 53.1 Å². The highest BCUT2D eigenvalue weighted by molar-refractivity contribution is 6.03. The summed E-state index contributed by atoms with van der Waals surface area (Å²) in [4.78, 5) is 25.6. The number of hydrogen-bond donors (Lipinski definition) is 2. The lowest BCUT2D eigenvalue weighted by Gasteiger charge is -2.10. The predicted molar refractivity (Wildman–Crippen MR) is 120 cm³/mol. The smallest absolute Gasteiger partial charge is 0.305 e. The van der Waals surface area contributed by atoms with Gasteiger partial charge in [-0.2, -0.15) is 5.10 Å². The molecule has 0 saturated heterocycles. The lowest BCUT2D eigenvalue weighted by Crippen LogP contribution is -2.41. The van der Waals surface area contributed by atoms with Crippen molar-refractivity contribution < 1.29 is 23.5 Å². The van der Waals surface area contributed by atoms with E-state index in [4.69, 9.17) is 13.9 Å². The molecule has 9 nitrogen and oxygen atoms in total. The van der Waals surface area contributed by atoms with Gasteiger partial charge in [0.05, 0.1) is 18.8 Å². The molecule has 2 aromatic carbocycles. The Morgan fingerprint density at radius 2 is 1.76 bits per heavy atom. The molecule has 9 heteroatoms. The van der Waals surface area contributed by atoms with Crippen LogP contribution in [0.2, 0.25) is 0 Å². The molecule has 2 amide bonds. The highest BCUT2D eigenvalue weighted by atomic mass is 16.5. The molecule has 0 bridgehead atoms. The zero-order chi connectivity index (χ0) is 22.9. The number of amides is 2. The molecule has 1 aliphatic heterocycles. The highest BCUT2D eigenvalue weighted by Crippen LogP contribution is 2.34. The van der Waals surface area contributed by atoms with Gasteiger partial charge in [0.1, 0.15) is 11.3 Å². The van der Waals surface area contributed by atoms with E-state index in [1.807, 2.05) is 24.3 Å². The number of hydrazine groups is 1. The molecule has 1 aliphatic rings. The number of fused-ring (bicyclic) bond motifs is 2. The van der Waals surface area contributed by atoms with Crippen LogP contribution < -0.4 is 20.3 Å². The fourth-order valence-electron chi connectivity index (χ4n) is 3.81. The van der Waals surface area contributed by atoms with Crippen LogP contribution in [0.4, 0.5) is 0 Å². The van der Waals surface area contributed by atoms with Crippen LogP contribution in [-0.2, 0) is 7.05 Å². The van der Waals surface area contributed by atoms with Gasteiger partial charge in [-0.05, 0) is 31.2 Å². The zero-order valence-electron chi connectivity index (χ0n) is 18.2. The number of nitrogens with one attached hydrogen (secondary N) is 2. The SMILES string of the molecule is Cc1c(C(=O)NNC(=O)c2cn(C)nc2-c2ccc3c(c2)OCCCO3)oc2ccccc12. The summed E-state index contributed by atoms with van der Waals surface area (Å²) < 4.78 is 18.6. The lowest BCUT2D eigenvalue weighted by molar-refractivity contribution is 0.0832. The molecule has 4 aromatic rings. The number of rotatable bonds is 3. The topological polar surface area (TPSA) is 108 Å². The number of hydrogen-bond acceptors (Lipinski definition) is 6. The number of carbonyl (C=O) groups is 2. The summed E-state index contributed by atoms with van der Waals surface area (Å²) in [5, 5.41) is 5.28. The summed E-state index contributed by atoms with van der Waals surface area (Å²) in [5.41, 5.74) is 7.65. The standard InChI is InChI=1S/C24H22N4O5/c1-14-16-6-3-4-7-18(16)33-22(14)24(30)26-25-23(29)17-13-28(2)27-21(17)15-8-9-19-20(12-15)32-11-5-10-31-19/h3-4,6-9,12-13H,5,10-11H2,1-2H3,(H,25,29)(H,26,30). The van der Waals surface area contributed by atoms with Gasteiger partial charge in [0.15, 0.2) is 17.3 Å². The first-order valence-electron chi connectivity index (χ1n) is 10.5. The fraction of sp³-hybridized carbons (Fsp3) is 0.208. The second kappa shape index (κ2) is 8.34. The van der Waals surface area contributed by atoms with Gasteiger partial charge in [-0.3, -0.25) is 25.1 Å². The van der Waals surface area contributed by atoms with Crippen molar-refractivity contribution >= 4 is 22.8 Å². The van der Waals surface area contributed by atoms with Crippen molar-refractivity contribution in [3.05, 3.63) is 65.5 Å². The molecule has 0 aliphatic carbocycles. The minimum Gasteiger partial charge on any atom is -0.490 e. The van der Waals surface area contributed by atoms with E-state index < -0.39 is 11.8 Å². The van der Waals surface area contributed by atoms with Crippen LogP contribution in [-0.4, -0.2) is 34.8 Å². The van der Waals surface area contributed by atoms with Crippen molar-refractivity contribution in [1.29, 1.82) is 0 Å². The quantitative estimate of drug-likeness (QED) is 0.467. The van der Waals surface area contributed by atoms with E-state index in [2.05, 4.69) is 16.0 Å². The van der Waals surface area contributed by atoms with Crippen molar-refractivity contribution in [2.45, 2.75) is 13.3 Å². The molecule has 0 atom stereocenters. The third-order valence-electron chi connectivity index (χ3n) is 5.43. The average Bonchev–Trinajstić information content (AvgIpc) is 3.28. The lowest BCUT2D eigenvalue weighted by atomic mass is 10.1. The average molecular weight is 446 g/mol. The van der Waals surface area contributed by atoms with Gasteiger partial charge in [-0.1, -0.05) is 18.2 Å². The van der Waals surface area contributed by atoms with E-state index in [1.165, 1.54) is 0 Å². The molecule has 2 N–H and O–H groups in total. The molecule has 0 unspecified atom stereocenters. The Bertz CT molecular complexity index is 1370. The first kappa shape index (κ1) is 20.6. The summed E-state index contributed by atoms with van der Waals surface area (Å²) in [7, 11) is 1.72. The summed E-state index contributed by atoms with van der Waals surface area (Å²) in [6.45, 7) is 2.94. The molecule has 168 valence electrons. The van der Waals surface area contributed by atoms with Gasteiger partial charge >= 0.3 is 5.91 Å². The van der Waals surface area contributed by atoms with Gasteiger partial charge in [0, 0.05) is 36.2 Å². The monoisotopic (exact) mass is 446 g/mol. The number of nitrogens with zero attached hydrogens (tertiary/aromatic N) is 2. The molecular weight excluding hydrogens is 424 g/mol. The Morgan fingerprint density at radius 3 is 2.58 bits per heavy atom. The van der Waals surface area contributed by atoms with Crippen molar-refractivity contribution in [1.82, 2.24) is 20.6 Å².